The van der Waals surface area contributed by atoms with E-state index in [9.17, 15) is 0 Å². The van der Waals surface area contributed by atoms with Crippen LogP contribution in [-0.4, -0.2) is 63.2 Å². The molecule has 102 valence electrons. The van der Waals surface area contributed by atoms with Gasteiger partial charge >= 0.3 is 0 Å². The third kappa shape index (κ3) is 5.36. The van der Waals surface area contributed by atoms with Gasteiger partial charge in [-0.1, -0.05) is 13.8 Å². The van der Waals surface area contributed by atoms with Crippen molar-refractivity contribution in [3.63, 3.8) is 0 Å². The Morgan fingerprint density at radius 1 is 1.35 bits per heavy atom. The summed E-state index contributed by atoms with van der Waals surface area (Å²) in [5, 5.41) is 3.31. The van der Waals surface area contributed by atoms with Crippen molar-refractivity contribution in [3.05, 3.63) is 0 Å². The van der Waals surface area contributed by atoms with Gasteiger partial charge in [0.15, 0.2) is 0 Å². The molecular formula is C14H31N3. The third-order valence-corrected chi connectivity index (χ3v) is 3.65. The average molecular weight is 241 g/mol. The molecule has 1 fully saturated rings. The van der Waals surface area contributed by atoms with E-state index in [0.717, 1.165) is 17.9 Å². The van der Waals surface area contributed by atoms with E-state index in [1.807, 2.05) is 0 Å². The summed E-state index contributed by atoms with van der Waals surface area (Å²) in [4.78, 5) is 5.04. The smallest absolute Gasteiger partial charge is 0.0225 e. The summed E-state index contributed by atoms with van der Waals surface area (Å²) < 4.78 is 0. The molecule has 0 spiro atoms. The molecule has 1 aliphatic rings. The van der Waals surface area contributed by atoms with Crippen LogP contribution >= 0.6 is 0 Å². The molecule has 2 unspecified atom stereocenters. The highest BCUT2D eigenvalue weighted by Crippen LogP contribution is 2.22. The second-order valence-electron chi connectivity index (χ2n) is 6.25. The second-order valence-corrected chi connectivity index (χ2v) is 6.25. The number of likely N-dealkylation sites (tertiary alicyclic amines) is 1. The van der Waals surface area contributed by atoms with Gasteiger partial charge in [-0.25, -0.2) is 0 Å². The number of hydrogen-bond donors (Lipinski definition) is 1. The predicted octanol–water partition coefficient (Wildman–Crippen LogP) is 1.50. The predicted molar refractivity (Wildman–Crippen MR) is 75.4 cm³/mol. The molecule has 1 N–H and O–H groups in total. The lowest BCUT2D eigenvalue weighted by molar-refractivity contribution is 0.166. The van der Waals surface area contributed by atoms with Gasteiger partial charge in [-0.3, -0.25) is 4.90 Å². The van der Waals surface area contributed by atoms with Crippen molar-refractivity contribution in [2.45, 2.75) is 32.7 Å². The van der Waals surface area contributed by atoms with Crippen molar-refractivity contribution in [1.29, 1.82) is 0 Å². The molecule has 0 radical (unpaired) electrons. The molecule has 2 atom stereocenters. The molecule has 0 aromatic rings. The van der Waals surface area contributed by atoms with Gasteiger partial charge in [0.25, 0.3) is 0 Å². The van der Waals surface area contributed by atoms with Gasteiger partial charge in [0, 0.05) is 19.1 Å². The minimum absolute atomic E-state index is 0.742. The highest BCUT2D eigenvalue weighted by Gasteiger charge is 2.28. The summed E-state index contributed by atoms with van der Waals surface area (Å²) in [6.07, 6.45) is 2.69. The quantitative estimate of drug-likeness (QED) is 0.729. The van der Waals surface area contributed by atoms with E-state index in [1.54, 1.807) is 0 Å². The van der Waals surface area contributed by atoms with Gasteiger partial charge < -0.3 is 10.2 Å². The van der Waals surface area contributed by atoms with Crippen LogP contribution in [0.4, 0.5) is 0 Å². The van der Waals surface area contributed by atoms with Gasteiger partial charge in [0.1, 0.15) is 0 Å². The van der Waals surface area contributed by atoms with E-state index in [1.165, 1.54) is 39.0 Å². The fourth-order valence-corrected chi connectivity index (χ4v) is 2.95. The zero-order valence-corrected chi connectivity index (χ0v) is 12.4. The van der Waals surface area contributed by atoms with E-state index in [2.05, 4.69) is 50.1 Å². The fraction of sp³-hybridized carbons (Fsp3) is 1.00. The molecule has 3 nitrogen and oxygen atoms in total. The van der Waals surface area contributed by atoms with E-state index in [0.29, 0.717) is 0 Å². The Morgan fingerprint density at radius 3 is 2.59 bits per heavy atom. The molecule has 3 heteroatoms. The van der Waals surface area contributed by atoms with Gasteiger partial charge in [-0.2, -0.15) is 0 Å². The number of nitrogens with one attached hydrogen (secondary N) is 1. The molecule has 1 saturated heterocycles. The van der Waals surface area contributed by atoms with E-state index >= 15 is 0 Å². The van der Waals surface area contributed by atoms with Gasteiger partial charge in [-0.05, 0) is 58.9 Å². The minimum Gasteiger partial charge on any atom is -0.319 e. The van der Waals surface area contributed by atoms with Crippen LogP contribution in [0.2, 0.25) is 0 Å². The van der Waals surface area contributed by atoms with Crippen LogP contribution in [0.1, 0.15) is 26.7 Å². The first-order valence-corrected chi connectivity index (χ1v) is 7.06. The molecule has 0 saturated carbocycles. The number of likely N-dealkylation sites (N-methyl/N-ethyl adjacent to an activating group) is 1. The van der Waals surface area contributed by atoms with Crippen LogP contribution in [0.15, 0.2) is 0 Å². The lowest BCUT2D eigenvalue weighted by Gasteiger charge is -2.31. The largest absolute Gasteiger partial charge is 0.319 e. The molecule has 17 heavy (non-hydrogen) atoms. The third-order valence-electron chi connectivity index (χ3n) is 3.65. The minimum atomic E-state index is 0.742. The summed E-state index contributed by atoms with van der Waals surface area (Å²) in [5.41, 5.74) is 0. The van der Waals surface area contributed by atoms with E-state index in [4.69, 9.17) is 0 Å². The maximum atomic E-state index is 3.31. The number of nitrogens with zero attached hydrogens (tertiary/aromatic N) is 2. The van der Waals surface area contributed by atoms with Gasteiger partial charge in [0.05, 0.1) is 0 Å². The highest BCUT2D eigenvalue weighted by atomic mass is 15.2. The molecule has 0 aliphatic carbocycles. The Labute approximate surface area is 108 Å². The lowest BCUT2D eigenvalue weighted by Crippen LogP contribution is -2.42. The van der Waals surface area contributed by atoms with Crippen LogP contribution in [0.5, 0.6) is 0 Å². The normalized spacial score (nSPS) is 23.8. The van der Waals surface area contributed by atoms with Crippen molar-refractivity contribution >= 4 is 0 Å². The lowest BCUT2D eigenvalue weighted by atomic mass is 10.0. The Morgan fingerprint density at radius 2 is 2.06 bits per heavy atom. The van der Waals surface area contributed by atoms with Gasteiger partial charge in [-0.15, -0.1) is 0 Å². The molecule has 1 aliphatic heterocycles. The van der Waals surface area contributed by atoms with Crippen LogP contribution in [0.25, 0.3) is 0 Å². The number of hydrogen-bond acceptors (Lipinski definition) is 3. The van der Waals surface area contributed by atoms with Crippen molar-refractivity contribution < 1.29 is 0 Å². The molecule has 0 amide bonds. The highest BCUT2D eigenvalue weighted by molar-refractivity contribution is 4.84. The number of rotatable bonds is 7. The maximum absolute atomic E-state index is 3.31. The topological polar surface area (TPSA) is 18.5 Å². The second kappa shape index (κ2) is 7.34. The zero-order chi connectivity index (χ0) is 12.8. The molecular weight excluding hydrogens is 210 g/mol. The van der Waals surface area contributed by atoms with Crippen molar-refractivity contribution in [1.82, 2.24) is 15.1 Å². The molecule has 1 heterocycles. The fourth-order valence-electron chi connectivity index (χ4n) is 2.95. The van der Waals surface area contributed by atoms with Crippen LogP contribution < -0.4 is 5.32 Å². The summed E-state index contributed by atoms with van der Waals surface area (Å²) >= 11 is 0. The molecule has 0 aromatic carbocycles. The van der Waals surface area contributed by atoms with Crippen molar-refractivity contribution in [2.24, 2.45) is 11.8 Å². The average Bonchev–Trinajstić information content (AvgIpc) is 2.64. The SMILES string of the molecule is CNCC1CCN(C(CC(C)C)CN(C)C)C1. The van der Waals surface area contributed by atoms with Crippen molar-refractivity contribution in [3.8, 4) is 0 Å². The summed E-state index contributed by atoms with van der Waals surface area (Å²) in [6, 6.07) is 0.742. The first kappa shape index (κ1) is 14.9. The summed E-state index contributed by atoms with van der Waals surface area (Å²) in [6.45, 7) is 9.62. The van der Waals surface area contributed by atoms with Gasteiger partial charge in [0.2, 0.25) is 0 Å². The summed E-state index contributed by atoms with van der Waals surface area (Å²) in [5.74, 6) is 1.65. The first-order valence-electron chi connectivity index (χ1n) is 7.06. The Kier molecular flexibility index (Phi) is 6.45. The van der Waals surface area contributed by atoms with E-state index < -0.39 is 0 Å². The summed E-state index contributed by atoms with van der Waals surface area (Å²) in [7, 11) is 6.44. The first-order chi connectivity index (χ1) is 8.02. The van der Waals surface area contributed by atoms with Crippen molar-refractivity contribution in [2.75, 3.05) is 47.3 Å². The van der Waals surface area contributed by atoms with Crippen LogP contribution in [-0.2, 0) is 0 Å². The monoisotopic (exact) mass is 241 g/mol. The van der Waals surface area contributed by atoms with Crippen LogP contribution in [0, 0.1) is 11.8 Å². The molecule has 0 bridgehead atoms. The van der Waals surface area contributed by atoms with E-state index in [-0.39, 0.29) is 0 Å². The molecule has 0 aromatic heterocycles. The Bertz CT molecular complexity index is 194. The standard InChI is InChI=1S/C14H31N3/c1-12(2)8-14(11-16(4)5)17-7-6-13(10-17)9-15-3/h12-15H,6-11H2,1-5H3. The van der Waals surface area contributed by atoms with Crippen LogP contribution in [0.3, 0.4) is 0 Å². The Hall–Kier alpha value is -0.120. The molecule has 1 rings (SSSR count). The maximum Gasteiger partial charge on any atom is 0.0225 e. The zero-order valence-electron chi connectivity index (χ0n) is 12.4. The Balaban J connectivity index is 2.46.